The van der Waals surface area contributed by atoms with Gasteiger partial charge < -0.3 is 14.8 Å². The van der Waals surface area contributed by atoms with Gasteiger partial charge in [0.15, 0.2) is 11.5 Å². The van der Waals surface area contributed by atoms with Crippen LogP contribution in [0, 0.1) is 6.92 Å². The van der Waals surface area contributed by atoms with Crippen LogP contribution in [0.5, 0.6) is 11.5 Å². The third-order valence-electron chi connectivity index (χ3n) is 2.95. The summed E-state index contributed by atoms with van der Waals surface area (Å²) in [6, 6.07) is 4.06. The van der Waals surface area contributed by atoms with Gasteiger partial charge in [0.05, 0.1) is 6.54 Å². The molecular formula is C14H19NO3. The molecule has 0 radical (unpaired) electrons. The molecular weight excluding hydrogens is 230 g/mol. The Labute approximate surface area is 107 Å². The molecule has 18 heavy (non-hydrogen) atoms. The normalized spacial score (nSPS) is 13.4. The zero-order chi connectivity index (χ0) is 13.0. The predicted molar refractivity (Wildman–Crippen MR) is 69.4 cm³/mol. The number of aryl methyl sites for hydroxylation is 1. The standard InChI is InChI=1S/C14H19NO3/c1-10-7-13-14(18-6-5-17-13)8-12(10)3-4-15-9-11(2)16/h7-8,15H,3-6,9H2,1-2H3. The molecule has 0 atom stereocenters. The highest BCUT2D eigenvalue weighted by Crippen LogP contribution is 2.32. The molecule has 1 aliphatic heterocycles. The Morgan fingerprint density at radius 3 is 2.61 bits per heavy atom. The van der Waals surface area contributed by atoms with Gasteiger partial charge in [0.25, 0.3) is 0 Å². The molecule has 0 amide bonds. The first-order valence-electron chi connectivity index (χ1n) is 6.26. The van der Waals surface area contributed by atoms with E-state index >= 15 is 0 Å². The molecule has 0 bridgehead atoms. The van der Waals surface area contributed by atoms with E-state index in [4.69, 9.17) is 9.47 Å². The molecule has 0 saturated carbocycles. The second kappa shape index (κ2) is 5.87. The molecule has 4 heteroatoms. The summed E-state index contributed by atoms with van der Waals surface area (Å²) in [4.78, 5) is 10.8. The topological polar surface area (TPSA) is 47.6 Å². The second-order valence-electron chi connectivity index (χ2n) is 4.55. The van der Waals surface area contributed by atoms with Gasteiger partial charge in [-0.2, -0.15) is 0 Å². The van der Waals surface area contributed by atoms with E-state index in [0.29, 0.717) is 19.8 Å². The molecule has 0 saturated heterocycles. The average Bonchev–Trinajstić information content (AvgIpc) is 2.34. The molecule has 2 rings (SSSR count). The quantitative estimate of drug-likeness (QED) is 0.803. The SMILES string of the molecule is CC(=O)CNCCc1cc2c(cc1C)OCCO2. The second-order valence-corrected chi connectivity index (χ2v) is 4.55. The first kappa shape index (κ1) is 12.9. The maximum Gasteiger partial charge on any atom is 0.161 e. The molecule has 0 unspecified atom stereocenters. The van der Waals surface area contributed by atoms with Crippen molar-refractivity contribution in [3.63, 3.8) is 0 Å². The van der Waals surface area contributed by atoms with Gasteiger partial charge in [-0.1, -0.05) is 0 Å². The largest absolute Gasteiger partial charge is 0.486 e. The van der Waals surface area contributed by atoms with Gasteiger partial charge in [0.2, 0.25) is 0 Å². The van der Waals surface area contributed by atoms with E-state index in [1.54, 1.807) is 6.92 Å². The Morgan fingerprint density at radius 2 is 1.94 bits per heavy atom. The lowest BCUT2D eigenvalue weighted by Gasteiger charge is -2.20. The lowest BCUT2D eigenvalue weighted by Crippen LogP contribution is -2.23. The number of ether oxygens (including phenoxy) is 2. The number of nitrogens with one attached hydrogen (secondary N) is 1. The smallest absolute Gasteiger partial charge is 0.161 e. The van der Waals surface area contributed by atoms with Crippen molar-refractivity contribution >= 4 is 5.78 Å². The fraction of sp³-hybridized carbons (Fsp3) is 0.500. The minimum Gasteiger partial charge on any atom is -0.486 e. The molecule has 98 valence electrons. The monoisotopic (exact) mass is 249 g/mol. The number of ketones is 1. The molecule has 0 aliphatic carbocycles. The number of benzene rings is 1. The first-order chi connectivity index (χ1) is 8.66. The van der Waals surface area contributed by atoms with Crippen molar-refractivity contribution in [2.24, 2.45) is 0 Å². The zero-order valence-corrected chi connectivity index (χ0v) is 10.9. The summed E-state index contributed by atoms with van der Waals surface area (Å²) in [5.41, 5.74) is 2.43. The third kappa shape index (κ3) is 3.23. The number of fused-ring (bicyclic) bond motifs is 1. The van der Waals surface area contributed by atoms with Gasteiger partial charge >= 0.3 is 0 Å². The van der Waals surface area contributed by atoms with Crippen LogP contribution in [0.4, 0.5) is 0 Å². The van der Waals surface area contributed by atoms with Crippen LogP contribution < -0.4 is 14.8 Å². The van der Waals surface area contributed by atoms with Crippen molar-refractivity contribution in [1.82, 2.24) is 5.32 Å². The van der Waals surface area contributed by atoms with Gasteiger partial charge in [0, 0.05) is 0 Å². The maximum absolute atomic E-state index is 10.8. The van der Waals surface area contributed by atoms with Gasteiger partial charge in [-0.15, -0.1) is 0 Å². The van der Waals surface area contributed by atoms with Crippen molar-refractivity contribution in [2.45, 2.75) is 20.3 Å². The number of carbonyl (C=O) groups is 1. The van der Waals surface area contributed by atoms with Crippen molar-refractivity contribution in [2.75, 3.05) is 26.3 Å². The van der Waals surface area contributed by atoms with Crippen molar-refractivity contribution in [1.29, 1.82) is 0 Å². The summed E-state index contributed by atoms with van der Waals surface area (Å²) in [6.07, 6.45) is 0.885. The van der Waals surface area contributed by atoms with Crippen molar-refractivity contribution in [3.8, 4) is 11.5 Å². The van der Waals surface area contributed by atoms with E-state index in [2.05, 4.69) is 12.2 Å². The highest BCUT2D eigenvalue weighted by atomic mass is 16.6. The van der Waals surface area contributed by atoms with E-state index in [1.165, 1.54) is 11.1 Å². The minimum atomic E-state index is 0.161. The van der Waals surface area contributed by atoms with Crippen LogP contribution in [-0.4, -0.2) is 32.1 Å². The molecule has 1 heterocycles. The summed E-state index contributed by atoms with van der Waals surface area (Å²) >= 11 is 0. The number of Topliss-reactive ketones (excluding diaryl/α,β-unsaturated/α-hetero) is 1. The summed E-state index contributed by atoms with van der Waals surface area (Å²) < 4.78 is 11.1. The first-order valence-corrected chi connectivity index (χ1v) is 6.26. The minimum absolute atomic E-state index is 0.161. The van der Waals surface area contributed by atoms with Gasteiger partial charge in [-0.05, 0) is 50.1 Å². The third-order valence-corrected chi connectivity index (χ3v) is 2.95. The van der Waals surface area contributed by atoms with Crippen molar-refractivity contribution < 1.29 is 14.3 Å². The highest BCUT2D eigenvalue weighted by Gasteiger charge is 2.13. The number of hydrogen-bond acceptors (Lipinski definition) is 4. The fourth-order valence-corrected chi connectivity index (χ4v) is 1.99. The van der Waals surface area contributed by atoms with Crippen LogP contribution in [0.2, 0.25) is 0 Å². The van der Waals surface area contributed by atoms with Crippen LogP contribution in [0.15, 0.2) is 12.1 Å². The Hall–Kier alpha value is -1.55. The molecule has 1 N–H and O–H groups in total. The van der Waals surface area contributed by atoms with E-state index in [1.807, 2.05) is 12.1 Å². The Bertz CT molecular complexity index is 443. The van der Waals surface area contributed by atoms with Gasteiger partial charge in [-0.3, -0.25) is 4.79 Å². The highest BCUT2D eigenvalue weighted by molar-refractivity contribution is 5.77. The summed E-state index contributed by atoms with van der Waals surface area (Å²) in [6.45, 7) is 6.11. The number of carbonyl (C=O) groups excluding carboxylic acids is 1. The Balaban J connectivity index is 1.97. The van der Waals surface area contributed by atoms with Crippen LogP contribution in [-0.2, 0) is 11.2 Å². The van der Waals surface area contributed by atoms with E-state index in [9.17, 15) is 4.79 Å². The van der Waals surface area contributed by atoms with Crippen molar-refractivity contribution in [3.05, 3.63) is 23.3 Å². The lowest BCUT2D eigenvalue weighted by atomic mass is 10.0. The molecule has 0 fully saturated rings. The summed E-state index contributed by atoms with van der Waals surface area (Å²) in [5.74, 6) is 1.82. The number of rotatable bonds is 5. The molecule has 4 nitrogen and oxygen atoms in total. The summed E-state index contributed by atoms with van der Waals surface area (Å²) in [5, 5.41) is 3.12. The molecule has 0 spiro atoms. The maximum atomic E-state index is 10.8. The number of hydrogen-bond donors (Lipinski definition) is 1. The van der Waals surface area contributed by atoms with E-state index in [-0.39, 0.29) is 5.78 Å². The van der Waals surface area contributed by atoms with E-state index in [0.717, 1.165) is 24.5 Å². The van der Waals surface area contributed by atoms with Crippen LogP contribution in [0.1, 0.15) is 18.1 Å². The van der Waals surface area contributed by atoms with Gasteiger partial charge in [-0.25, -0.2) is 0 Å². The van der Waals surface area contributed by atoms with E-state index < -0.39 is 0 Å². The van der Waals surface area contributed by atoms with Gasteiger partial charge in [0.1, 0.15) is 19.0 Å². The Morgan fingerprint density at radius 1 is 1.28 bits per heavy atom. The lowest BCUT2D eigenvalue weighted by molar-refractivity contribution is -0.116. The van der Waals surface area contributed by atoms with Crippen LogP contribution in [0.25, 0.3) is 0 Å². The molecule has 1 aromatic rings. The summed E-state index contributed by atoms with van der Waals surface area (Å²) in [7, 11) is 0. The molecule has 1 aliphatic rings. The predicted octanol–water partition coefficient (Wildman–Crippen LogP) is 1.49. The zero-order valence-electron chi connectivity index (χ0n) is 10.9. The molecule has 0 aromatic heterocycles. The average molecular weight is 249 g/mol. The molecule has 1 aromatic carbocycles. The fourth-order valence-electron chi connectivity index (χ4n) is 1.99. The Kier molecular flexibility index (Phi) is 4.20. The van der Waals surface area contributed by atoms with Crippen LogP contribution >= 0.6 is 0 Å². The van der Waals surface area contributed by atoms with Crippen LogP contribution in [0.3, 0.4) is 0 Å².